The summed E-state index contributed by atoms with van der Waals surface area (Å²) in [6.07, 6.45) is 9.17. The number of hydrogen-bond donors (Lipinski definition) is 4. The van der Waals surface area contributed by atoms with Gasteiger partial charge in [0.25, 0.3) is 0 Å². The Hall–Kier alpha value is -1.01. The number of nitrogens with two attached hydrogens (primary N) is 1. The minimum Gasteiger partial charge on any atom is -0.355 e. The van der Waals surface area contributed by atoms with E-state index in [1.54, 1.807) is 0 Å². The Kier molecular flexibility index (Phi) is 13.0. The molecule has 5 N–H and O–H groups in total. The molecule has 130 valence electrons. The van der Waals surface area contributed by atoms with Crippen LogP contribution in [0.3, 0.4) is 0 Å². The lowest BCUT2D eigenvalue weighted by atomic mass is 9.96. The Morgan fingerprint density at radius 3 is 2.36 bits per heavy atom. The van der Waals surface area contributed by atoms with Gasteiger partial charge in [0.05, 0.1) is 0 Å². The van der Waals surface area contributed by atoms with Crippen LogP contribution in [0.5, 0.6) is 0 Å². The van der Waals surface area contributed by atoms with Crippen LogP contribution in [0.1, 0.15) is 57.8 Å². The molecule has 0 bridgehead atoms. The zero-order valence-corrected chi connectivity index (χ0v) is 14.2. The van der Waals surface area contributed by atoms with Crippen molar-refractivity contribution in [2.45, 2.75) is 63.8 Å². The van der Waals surface area contributed by atoms with E-state index in [0.29, 0.717) is 32.1 Å². The maximum atomic E-state index is 11.7. The summed E-state index contributed by atoms with van der Waals surface area (Å²) in [5, 5.41) is 8.65. The molecular formula is C15H31ClN4O2. The van der Waals surface area contributed by atoms with Crippen molar-refractivity contribution in [1.29, 1.82) is 0 Å². The van der Waals surface area contributed by atoms with Gasteiger partial charge in [0.2, 0.25) is 5.91 Å². The van der Waals surface area contributed by atoms with Crippen LogP contribution >= 0.6 is 12.4 Å². The van der Waals surface area contributed by atoms with E-state index in [-0.39, 0.29) is 24.3 Å². The minimum absolute atomic E-state index is 0. The van der Waals surface area contributed by atoms with Gasteiger partial charge in [-0.25, -0.2) is 4.79 Å². The fourth-order valence-electron chi connectivity index (χ4n) is 2.57. The molecule has 0 spiro atoms. The molecule has 1 rings (SSSR count). The first kappa shape index (κ1) is 21.0. The van der Waals surface area contributed by atoms with Crippen molar-refractivity contribution in [1.82, 2.24) is 16.0 Å². The highest BCUT2D eigenvalue weighted by Crippen LogP contribution is 2.17. The Bertz CT molecular complexity index is 310. The van der Waals surface area contributed by atoms with Crippen LogP contribution in [0.25, 0.3) is 0 Å². The lowest BCUT2D eigenvalue weighted by molar-refractivity contribution is -0.121. The number of urea groups is 1. The van der Waals surface area contributed by atoms with Crippen LogP contribution < -0.4 is 21.7 Å². The lowest BCUT2D eigenvalue weighted by Gasteiger charge is -2.22. The average molecular weight is 335 g/mol. The first-order chi connectivity index (χ1) is 10.2. The molecule has 3 amide bonds. The third kappa shape index (κ3) is 10.7. The van der Waals surface area contributed by atoms with E-state index >= 15 is 0 Å². The SMILES string of the molecule is Cl.NCCNC(=O)CCCCCNC(=O)NC1CCCCC1. The van der Waals surface area contributed by atoms with Crippen molar-refractivity contribution in [3.8, 4) is 0 Å². The summed E-state index contributed by atoms with van der Waals surface area (Å²) < 4.78 is 0. The Labute approximate surface area is 139 Å². The molecule has 0 atom stereocenters. The van der Waals surface area contributed by atoms with Crippen molar-refractivity contribution in [3.63, 3.8) is 0 Å². The molecule has 7 heteroatoms. The van der Waals surface area contributed by atoms with Crippen molar-refractivity contribution in [2.24, 2.45) is 5.73 Å². The number of rotatable bonds is 9. The van der Waals surface area contributed by atoms with Gasteiger partial charge in [-0.2, -0.15) is 0 Å². The largest absolute Gasteiger partial charge is 0.355 e. The second-order valence-corrected chi connectivity index (χ2v) is 5.68. The molecule has 6 nitrogen and oxygen atoms in total. The maximum absolute atomic E-state index is 11.7. The van der Waals surface area contributed by atoms with Gasteiger partial charge in [-0.1, -0.05) is 25.7 Å². The van der Waals surface area contributed by atoms with E-state index in [0.717, 1.165) is 32.1 Å². The Morgan fingerprint density at radius 1 is 0.955 bits per heavy atom. The minimum atomic E-state index is -0.0532. The monoisotopic (exact) mass is 334 g/mol. The molecule has 1 aliphatic rings. The van der Waals surface area contributed by atoms with Gasteiger partial charge in [0.1, 0.15) is 0 Å². The highest BCUT2D eigenvalue weighted by atomic mass is 35.5. The number of nitrogens with one attached hydrogen (secondary N) is 3. The zero-order valence-electron chi connectivity index (χ0n) is 13.4. The number of amides is 3. The maximum Gasteiger partial charge on any atom is 0.315 e. The quantitative estimate of drug-likeness (QED) is 0.483. The summed E-state index contributed by atoms with van der Waals surface area (Å²) in [4.78, 5) is 23.0. The molecule has 0 heterocycles. The van der Waals surface area contributed by atoms with Crippen molar-refractivity contribution < 1.29 is 9.59 Å². The van der Waals surface area contributed by atoms with E-state index in [1.165, 1.54) is 19.3 Å². The van der Waals surface area contributed by atoms with Crippen LogP contribution in [-0.4, -0.2) is 37.6 Å². The van der Waals surface area contributed by atoms with Crippen molar-refractivity contribution in [2.75, 3.05) is 19.6 Å². The Balaban J connectivity index is 0.00000441. The third-order valence-electron chi connectivity index (χ3n) is 3.77. The first-order valence-corrected chi connectivity index (χ1v) is 8.23. The number of hydrogen-bond acceptors (Lipinski definition) is 3. The highest BCUT2D eigenvalue weighted by Gasteiger charge is 2.14. The summed E-state index contributed by atoms with van der Waals surface area (Å²) in [5.41, 5.74) is 5.31. The van der Waals surface area contributed by atoms with Gasteiger partial charge in [-0.3, -0.25) is 4.79 Å². The molecule has 0 aliphatic heterocycles. The van der Waals surface area contributed by atoms with E-state index in [1.807, 2.05) is 0 Å². The molecule has 0 aromatic rings. The van der Waals surface area contributed by atoms with Gasteiger partial charge in [0, 0.05) is 32.1 Å². The van der Waals surface area contributed by atoms with Crippen LogP contribution in [0.4, 0.5) is 4.79 Å². The van der Waals surface area contributed by atoms with Crippen LogP contribution in [0, 0.1) is 0 Å². The number of halogens is 1. The van der Waals surface area contributed by atoms with Gasteiger partial charge in [-0.15, -0.1) is 12.4 Å². The molecule has 1 aliphatic carbocycles. The smallest absolute Gasteiger partial charge is 0.315 e. The standard InChI is InChI=1S/C15H30N4O2.ClH/c16-10-12-17-14(20)9-5-2-6-11-18-15(21)19-13-7-3-1-4-8-13;/h13H,1-12,16H2,(H,17,20)(H2,18,19,21);1H. The molecule has 0 saturated heterocycles. The molecule has 1 saturated carbocycles. The predicted molar refractivity (Wildman–Crippen MR) is 91.2 cm³/mol. The fourth-order valence-corrected chi connectivity index (χ4v) is 2.57. The van der Waals surface area contributed by atoms with E-state index in [4.69, 9.17) is 5.73 Å². The first-order valence-electron chi connectivity index (χ1n) is 8.23. The molecule has 1 fully saturated rings. The predicted octanol–water partition coefficient (Wildman–Crippen LogP) is 1.68. The molecule has 22 heavy (non-hydrogen) atoms. The Morgan fingerprint density at radius 2 is 1.68 bits per heavy atom. The number of carbonyl (C=O) groups excluding carboxylic acids is 2. The van der Waals surface area contributed by atoms with Gasteiger partial charge in [-0.05, 0) is 25.7 Å². The zero-order chi connectivity index (χ0) is 15.3. The summed E-state index contributed by atoms with van der Waals surface area (Å²) in [6, 6.07) is 0.299. The number of unbranched alkanes of at least 4 members (excludes halogenated alkanes) is 2. The average Bonchev–Trinajstić information content (AvgIpc) is 2.49. The second-order valence-electron chi connectivity index (χ2n) is 5.68. The molecule has 0 unspecified atom stereocenters. The van der Waals surface area contributed by atoms with Gasteiger partial charge >= 0.3 is 6.03 Å². The normalized spacial score (nSPS) is 14.8. The fraction of sp³-hybridized carbons (Fsp3) is 0.867. The molecule has 0 aromatic heterocycles. The topological polar surface area (TPSA) is 96.2 Å². The summed E-state index contributed by atoms with van der Waals surface area (Å²) in [7, 11) is 0. The number of carbonyl (C=O) groups is 2. The lowest BCUT2D eigenvalue weighted by Crippen LogP contribution is -2.43. The molecule has 0 radical (unpaired) electrons. The van der Waals surface area contributed by atoms with Crippen molar-refractivity contribution in [3.05, 3.63) is 0 Å². The summed E-state index contributed by atoms with van der Waals surface area (Å²) in [5.74, 6) is 0.0588. The van der Waals surface area contributed by atoms with E-state index in [9.17, 15) is 9.59 Å². The second kappa shape index (κ2) is 13.6. The van der Waals surface area contributed by atoms with Crippen LogP contribution in [0.15, 0.2) is 0 Å². The van der Waals surface area contributed by atoms with Gasteiger partial charge < -0.3 is 21.7 Å². The van der Waals surface area contributed by atoms with E-state index in [2.05, 4.69) is 16.0 Å². The van der Waals surface area contributed by atoms with E-state index < -0.39 is 0 Å². The third-order valence-corrected chi connectivity index (χ3v) is 3.77. The van der Waals surface area contributed by atoms with Gasteiger partial charge in [0.15, 0.2) is 0 Å². The molecule has 0 aromatic carbocycles. The highest BCUT2D eigenvalue weighted by molar-refractivity contribution is 5.85. The molecular weight excluding hydrogens is 304 g/mol. The van der Waals surface area contributed by atoms with Crippen LogP contribution in [-0.2, 0) is 4.79 Å². The summed E-state index contributed by atoms with van der Waals surface area (Å²) in [6.45, 7) is 1.69. The van der Waals surface area contributed by atoms with Crippen LogP contribution in [0.2, 0.25) is 0 Å². The summed E-state index contributed by atoms with van der Waals surface area (Å²) >= 11 is 0. The van der Waals surface area contributed by atoms with Crippen molar-refractivity contribution >= 4 is 24.3 Å².